The van der Waals surface area contributed by atoms with Crippen LogP contribution in [-0.4, -0.2) is 23.2 Å². The lowest BCUT2D eigenvalue weighted by molar-refractivity contribution is -0.386. The maximum absolute atomic E-state index is 10.8. The Labute approximate surface area is 106 Å². The summed E-state index contributed by atoms with van der Waals surface area (Å²) in [6.07, 6.45) is 0.495. The number of hydrogen-bond donors (Lipinski definition) is 2. The number of nitrogens with two attached hydrogens (primary N) is 1. The number of phenols is 1. The number of benzene rings is 1. The van der Waals surface area contributed by atoms with Gasteiger partial charge in [0, 0.05) is 12.1 Å². The number of nitro groups is 1. The van der Waals surface area contributed by atoms with Crippen molar-refractivity contribution in [2.24, 2.45) is 11.7 Å². The van der Waals surface area contributed by atoms with E-state index >= 15 is 0 Å². The molecule has 0 aliphatic carbocycles. The van der Waals surface area contributed by atoms with E-state index in [-0.39, 0.29) is 23.4 Å². The number of nitro benzene ring substituents is 1. The topological polar surface area (TPSA) is 98.6 Å². The van der Waals surface area contributed by atoms with Crippen LogP contribution in [0.5, 0.6) is 11.5 Å². The highest BCUT2D eigenvalue weighted by Gasteiger charge is 2.21. The molecule has 0 fully saturated rings. The van der Waals surface area contributed by atoms with E-state index in [2.05, 4.69) is 0 Å². The minimum atomic E-state index is -0.637. The predicted molar refractivity (Wildman–Crippen MR) is 67.8 cm³/mol. The first kappa shape index (κ1) is 14.2. The number of phenolic OH excluding ortho intramolecular Hbond substituents is 1. The minimum absolute atomic E-state index is 0.0927. The van der Waals surface area contributed by atoms with Gasteiger partial charge in [0.2, 0.25) is 5.75 Å². The van der Waals surface area contributed by atoms with Crippen molar-refractivity contribution in [2.75, 3.05) is 7.11 Å². The molecule has 0 amide bonds. The van der Waals surface area contributed by atoms with Gasteiger partial charge < -0.3 is 15.6 Å². The van der Waals surface area contributed by atoms with Gasteiger partial charge in [-0.3, -0.25) is 10.1 Å². The van der Waals surface area contributed by atoms with Crippen LogP contribution in [0.1, 0.15) is 19.4 Å². The summed E-state index contributed by atoms with van der Waals surface area (Å²) in [7, 11) is 1.35. The van der Waals surface area contributed by atoms with Crippen LogP contribution in [-0.2, 0) is 6.42 Å². The fourth-order valence-electron chi connectivity index (χ4n) is 1.57. The fourth-order valence-corrected chi connectivity index (χ4v) is 1.57. The molecule has 0 aliphatic heterocycles. The van der Waals surface area contributed by atoms with Crippen molar-refractivity contribution in [2.45, 2.75) is 26.3 Å². The van der Waals surface area contributed by atoms with Crippen LogP contribution < -0.4 is 10.5 Å². The summed E-state index contributed by atoms with van der Waals surface area (Å²) in [6.45, 7) is 3.97. The van der Waals surface area contributed by atoms with E-state index in [0.717, 1.165) is 0 Å². The minimum Gasteiger partial charge on any atom is -0.500 e. The number of hydrogen-bond acceptors (Lipinski definition) is 5. The van der Waals surface area contributed by atoms with Crippen LogP contribution in [0.3, 0.4) is 0 Å². The molecule has 3 N–H and O–H groups in total. The summed E-state index contributed by atoms with van der Waals surface area (Å²) in [4.78, 5) is 10.2. The highest BCUT2D eigenvalue weighted by atomic mass is 16.6. The first-order chi connectivity index (χ1) is 8.36. The average Bonchev–Trinajstić information content (AvgIpc) is 2.30. The van der Waals surface area contributed by atoms with Crippen LogP contribution in [0.4, 0.5) is 5.69 Å². The second-order valence-corrected chi connectivity index (χ2v) is 4.53. The molecule has 0 bridgehead atoms. The summed E-state index contributed by atoms with van der Waals surface area (Å²) in [5, 5.41) is 20.4. The summed E-state index contributed by atoms with van der Waals surface area (Å²) < 4.78 is 4.92. The molecule has 0 saturated carbocycles. The van der Waals surface area contributed by atoms with Crippen molar-refractivity contribution in [1.82, 2.24) is 0 Å². The highest BCUT2D eigenvalue weighted by molar-refractivity contribution is 5.57. The number of rotatable bonds is 5. The van der Waals surface area contributed by atoms with E-state index in [9.17, 15) is 15.2 Å². The second-order valence-electron chi connectivity index (χ2n) is 4.53. The molecule has 1 rings (SSSR count). The third kappa shape index (κ3) is 3.10. The smallest absolute Gasteiger partial charge is 0.314 e. The standard InChI is InChI=1S/C12H18N2O4/c1-7(2)9(13)4-8-5-10(14(16)17)12(15)11(6-8)18-3/h5-7,9,15H,4,13H2,1-3H3. The Bertz CT molecular complexity index is 446. The first-order valence-corrected chi connectivity index (χ1v) is 5.66. The Hall–Kier alpha value is -1.82. The van der Waals surface area contributed by atoms with E-state index in [4.69, 9.17) is 10.5 Å². The van der Waals surface area contributed by atoms with Crippen LogP contribution >= 0.6 is 0 Å². The van der Waals surface area contributed by atoms with Crippen molar-refractivity contribution >= 4 is 5.69 Å². The second kappa shape index (κ2) is 5.68. The number of ether oxygens (including phenoxy) is 1. The van der Waals surface area contributed by atoms with Gasteiger partial charge in [0.15, 0.2) is 5.75 Å². The first-order valence-electron chi connectivity index (χ1n) is 5.66. The molecule has 0 saturated heterocycles. The summed E-state index contributed by atoms with van der Waals surface area (Å²) in [6, 6.07) is 2.81. The molecule has 100 valence electrons. The zero-order valence-electron chi connectivity index (χ0n) is 10.7. The largest absolute Gasteiger partial charge is 0.500 e. The molecule has 0 aromatic heterocycles. The van der Waals surface area contributed by atoms with Gasteiger partial charge in [0.05, 0.1) is 12.0 Å². The van der Waals surface area contributed by atoms with Crippen molar-refractivity contribution in [1.29, 1.82) is 0 Å². The maximum atomic E-state index is 10.8. The van der Waals surface area contributed by atoms with Crippen molar-refractivity contribution < 1.29 is 14.8 Å². The molecule has 1 atom stereocenters. The molecule has 6 nitrogen and oxygen atoms in total. The van der Waals surface area contributed by atoms with E-state index in [1.807, 2.05) is 13.8 Å². The van der Waals surface area contributed by atoms with Gasteiger partial charge in [0.1, 0.15) is 0 Å². The van der Waals surface area contributed by atoms with Gasteiger partial charge in [0.25, 0.3) is 0 Å². The van der Waals surface area contributed by atoms with Gasteiger partial charge in [-0.05, 0) is 24.0 Å². The molecule has 1 aromatic rings. The SMILES string of the molecule is COc1cc(CC(N)C(C)C)cc([N+](=O)[O-])c1O. The quantitative estimate of drug-likeness (QED) is 0.617. The molecular weight excluding hydrogens is 236 g/mol. The van der Waals surface area contributed by atoms with Crippen molar-refractivity contribution in [3.05, 3.63) is 27.8 Å². The molecule has 18 heavy (non-hydrogen) atoms. The summed E-state index contributed by atoms with van der Waals surface area (Å²) >= 11 is 0. The highest BCUT2D eigenvalue weighted by Crippen LogP contribution is 2.37. The average molecular weight is 254 g/mol. The Morgan fingerprint density at radius 2 is 2.11 bits per heavy atom. The molecular formula is C12H18N2O4. The van der Waals surface area contributed by atoms with E-state index in [0.29, 0.717) is 12.0 Å². The molecule has 6 heteroatoms. The van der Waals surface area contributed by atoms with Crippen molar-refractivity contribution in [3.8, 4) is 11.5 Å². The maximum Gasteiger partial charge on any atom is 0.314 e. The lowest BCUT2D eigenvalue weighted by Crippen LogP contribution is -2.28. The number of methoxy groups -OCH3 is 1. The number of aromatic hydroxyl groups is 1. The Balaban J connectivity index is 3.14. The summed E-state index contributed by atoms with van der Waals surface area (Å²) in [5.41, 5.74) is 6.25. The molecule has 0 heterocycles. The Morgan fingerprint density at radius 1 is 1.50 bits per heavy atom. The van der Waals surface area contributed by atoms with Crippen LogP contribution in [0.15, 0.2) is 12.1 Å². The van der Waals surface area contributed by atoms with Crippen LogP contribution in [0.25, 0.3) is 0 Å². The number of nitrogens with zero attached hydrogens (tertiary/aromatic N) is 1. The monoisotopic (exact) mass is 254 g/mol. The van der Waals surface area contributed by atoms with Crippen LogP contribution in [0, 0.1) is 16.0 Å². The van der Waals surface area contributed by atoms with E-state index in [1.54, 1.807) is 6.07 Å². The van der Waals surface area contributed by atoms with Gasteiger partial charge in [-0.15, -0.1) is 0 Å². The Kier molecular flexibility index (Phi) is 4.49. The van der Waals surface area contributed by atoms with Gasteiger partial charge in [-0.25, -0.2) is 0 Å². The molecule has 1 aromatic carbocycles. The van der Waals surface area contributed by atoms with Gasteiger partial charge in [-0.1, -0.05) is 13.8 Å². The molecule has 0 radical (unpaired) electrons. The molecule has 1 unspecified atom stereocenters. The van der Waals surface area contributed by atoms with Crippen LogP contribution in [0.2, 0.25) is 0 Å². The van der Waals surface area contributed by atoms with E-state index in [1.165, 1.54) is 13.2 Å². The third-order valence-corrected chi connectivity index (χ3v) is 2.86. The third-order valence-electron chi connectivity index (χ3n) is 2.86. The zero-order chi connectivity index (χ0) is 13.9. The molecule has 0 spiro atoms. The van der Waals surface area contributed by atoms with Gasteiger partial charge in [-0.2, -0.15) is 0 Å². The van der Waals surface area contributed by atoms with Crippen molar-refractivity contribution in [3.63, 3.8) is 0 Å². The normalized spacial score (nSPS) is 12.5. The lowest BCUT2D eigenvalue weighted by atomic mass is 9.97. The fraction of sp³-hybridized carbons (Fsp3) is 0.500. The Morgan fingerprint density at radius 3 is 2.56 bits per heavy atom. The van der Waals surface area contributed by atoms with E-state index < -0.39 is 10.7 Å². The predicted octanol–water partition coefficient (Wildman–Crippen LogP) is 1.83. The zero-order valence-corrected chi connectivity index (χ0v) is 10.7. The summed E-state index contributed by atoms with van der Waals surface area (Å²) in [5.74, 6) is -0.0941. The van der Waals surface area contributed by atoms with Gasteiger partial charge >= 0.3 is 5.69 Å². The molecule has 0 aliphatic rings. The lowest BCUT2D eigenvalue weighted by Gasteiger charge is -2.16.